The Hall–Kier alpha value is -2.10. The molecular weight excluding hydrogens is 469 g/mol. The van der Waals surface area contributed by atoms with E-state index < -0.39 is 0 Å². The van der Waals surface area contributed by atoms with Gasteiger partial charge in [0.05, 0.1) is 19.3 Å². The average Bonchev–Trinajstić information content (AvgIpc) is 3.13. The number of halogens is 1. The van der Waals surface area contributed by atoms with Gasteiger partial charge in [-0.3, -0.25) is 4.79 Å². The van der Waals surface area contributed by atoms with Crippen molar-refractivity contribution in [1.29, 1.82) is 0 Å². The molecule has 3 N–H and O–H groups in total. The highest BCUT2D eigenvalue weighted by Crippen LogP contribution is 2.22. The summed E-state index contributed by atoms with van der Waals surface area (Å²) in [4.78, 5) is 20.5. The SMILES string of the molecule is CCNC(=NCc1ccc(C(=O)NC)cc1)NCc1ncc(C(C)(C)C)o1.I. The van der Waals surface area contributed by atoms with Crippen molar-refractivity contribution in [2.24, 2.45) is 4.99 Å². The second-order valence-electron chi connectivity index (χ2n) is 7.19. The first kappa shape index (κ1) is 23.9. The van der Waals surface area contributed by atoms with Crippen molar-refractivity contribution in [2.45, 2.75) is 46.2 Å². The van der Waals surface area contributed by atoms with Crippen LogP contribution < -0.4 is 16.0 Å². The van der Waals surface area contributed by atoms with Gasteiger partial charge in [-0.2, -0.15) is 0 Å². The maximum absolute atomic E-state index is 11.6. The maximum atomic E-state index is 11.6. The van der Waals surface area contributed by atoms with E-state index in [-0.39, 0.29) is 35.3 Å². The summed E-state index contributed by atoms with van der Waals surface area (Å²) >= 11 is 0. The van der Waals surface area contributed by atoms with E-state index in [1.54, 1.807) is 25.4 Å². The highest BCUT2D eigenvalue weighted by Gasteiger charge is 2.19. The number of aliphatic imine (C=N–C) groups is 1. The molecule has 7 nitrogen and oxygen atoms in total. The van der Waals surface area contributed by atoms with Crippen molar-refractivity contribution in [1.82, 2.24) is 20.9 Å². The minimum Gasteiger partial charge on any atom is -0.443 e. The zero-order valence-corrected chi connectivity index (χ0v) is 19.5. The molecule has 2 aromatic rings. The molecule has 154 valence electrons. The van der Waals surface area contributed by atoms with E-state index in [2.05, 4.69) is 46.7 Å². The zero-order chi connectivity index (χ0) is 19.9. The predicted octanol–water partition coefficient (Wildman–Crippen LogP) is 3.21. The second-order valence-corrected chi connectivity index (χ2v) is 7.19. The molecule has 0 bridgehead atoms. The Morgan fingerprint density at radius 3 is 2.39 bits per heavy atom. The Morgan fingerprint density at radius 1 is 1.18 bits per heavy atom. The Labute approximate surface area is 183 Å². The van der Waals surface area contributed by atoms with Crippen molar-refractivity contribution in [3.05, 3.63) is 53.2 Å². The number of amides is 1. The lowest BCUT2D eigenvalue weighted by molar-refractivity contribution is 0.0963. The van der Waals surface area contributed by atoms with Crippen LogP contribution in [0.3, 0.4) is 0 Å². The first-order valence-electron chi connectivity index (χ1n) is 9.12. The Kier molecular flexibility index (Phi) is 9.44. The summed E-state index contributed by atoms with van der Waals surface area (Å²) in [6.45, 7) is 9.99. The number of hydrogen-bond acceptors (Lipinski definition) is 4. The van der Waals surface area contributed by atoms with Crippen molar-refractivity contribution >= 4 is 35.8 Å². The van der Waals surface area contributed by atoms with Gasteiger partial charge in [-0.15, -0.1) is 24.0 Å². The van der Waals surface area contributed by atoms with Crippen LogP contribution in [0.2, 0.25) is 0 Å². The van der Waals surface area contributed by atoms with Gasteiger partial charge in [-0.25, -0.2) is 9.98 Å². The first-order chi connectivity index (χ1) is 12.8. The van der Waals surface area contributed by atoms with Gasteiger partial charge in [0.25, 0.3) is 5.91 Å². The lowest BCUT2D eigenvalue weighted by Crippen LogP contribution is -2.36. The lowest BCUT2D eigenvalue weighted by atomic mass is 9.94. The fraction of sp³-hybridized carbons (Fsp3) is 0.450. The molecule has 0 unspecified atom stereocenters. The fourth-order valence-electron chi connectivity index (χ4n) is 2.32. The highest BCUT2D eigenvalue weighted by molar-refractivity contribution is 14.0. The van der Waals surface area contributed by atoms with Crippen LogP contribution in [0.5, 0.6) is 0 Å². The molecule has 0 aliphatic rings. The van der Waals surface area contributed by atoms with Crippen LogP contribution in [0.4, 0.5) is 0 Å². The van der Waals surface area contributed by atoms with Crippen LogP contribution in [0, 0.1) is 0 Å². The number of aromatic nitrogens is 1. The van der Waals surface area contributed by atoms with Gasteiger partial charge in [0.2, 0.25) is 5.89 Å². The van der Waals surface area contributed by atoms with Crippen molar-refractivity contribution in [2.75, 3.05) is 13.6 Å². The molecule has 1 aromatic carbocycles. The summed E-state index contributed by atoms with van der Waals surface area (Å²) in [5, 5.41) is 9.04. The Balaban J connectivity index is 0.00000392. The normalized spacial score (nSPS) is 11.5. The summed E-state index contributed by atoms with van der Waals surface area (Å²) in [5.74, 6) is 2.07. The first-order valence-corrected chi connectivity index (χ1v) is 9.12. The molecule has 28 heavy (non-hydrogen) atoms. The lowest BCUT2D eigenvalue weighted by Gasteiger charge is -2.13. The van der Waals surface area contributed by atoms with Crippen LogP contribution in [-0.4, -0.2) is 30.4 Å². The summed E-state index contributed by atoms with van der Waals surface area (Å²) < 4.78 is 5.79. The van der Waals surface area contributed by atoms with Gasteiger partial charge in [0.15, 0.2) is 5.96 Å². The number of nitrogens with zero attached hydrogens (tertiary/aromatic N) is 2. The standard InChI is InChI=1S/C20H29N5O2.HI/c1-6-22-19(25-13-17-23-12-16(27-17)20(2,3)4)24-11-14-7-9-15(10-8-14)18(26)21-5;/h7-10,12H,6,11,13H2,1-5H3,(H,21,26)(H2,22,24,25);1H. The third-order valence-corrected chi connectivity index (χ3v) is 3.91. The van der Waals surface area contributed by atoms with E-state index in [4.69, 9.17) is 4.42 Å². The largest absolute Gasteiger partial charge is 0.443 e. The van der Waals surface area contributed by atoms with Crippen molar-refractivity contribution in [3.63, 3.8) is 0 Å². The van der Waals surface area contributed by atoms with E-state index in [0.29, 0.717) is 30.5 Å². The van der Waals surface area contributed by atoms with E-state index in [9.17, 15) is 4.79 Å². The predicted molar refractivity (Wildman–Crippen MR) is 122 cm³/mol. The third kappa shape index (κ3) is 7.14. The number of guanidine groups is 1. The topological polar surface area (TPSA) is 91.5 Å². The summed E-state index contributed by atoms with van der Waals surface area (Å²) in [5.41, 5.74) is 1.59. The van der Waals surface area contributed by atoms with Gasteiger partial charge in [0, 0.05) is 24.6 Å². The van der Waals surface area contributed by atoms with Crippen LogP contribution in [0.25, 0.3) is 0 Å². The number of benzene rings is 1. The minimum atomic E-state index is -0.0966. The van der Waals surface area contributed by atoms with E-state index >= 15 is 0 Å². The number of nitrogens with one attached hydrogen (secondary N) is 3. The Morgan fingerprint density at radius 2 is 1.86 bits per heavy atom. The zero-order valence-electron chi connectivity index (χ0n) is 17.1. The molecule has 0 aliphatic carbocycles. The summed E-state index contributed by atoms with van der Waals surface area (Å²) in [7, 11) is 1.62. The molecule has 0 spiro atoms. The van der Waals surface area contributed by atoms with E-state index in [1.807, 2.05) is 19.1 Å². The summed E-state index contributed by atoms with van der Waals surface area (Å²) in [6, 6.07) is 7.40. The second kappa shape index (κ2) is 11.0. The van der Waals surface area contributed by atoms with Crippen molar-refractivity contribution < 1.29 is 9.21 Å². The van der Waals surface area contributed by atoms with Gasteiger partial charge >= 0.3 is 0 Å². The van der Waals surface area contributed by atoms with Gasteiger partial charge in [-0.1, -0.05) is 32.9 Å². The molecule has 1 aromatic heterocycles. The molecule has 1 heterocycles. The Bertz CT molecular complexity index is 779. The quantitative estimate of drug-likeness (QED) is 0.323. The molecule has 1 amide bonds. The summed E-state index contributed by atoms with van der Waals surface area (Å²) in [6.07, 6.45) is 1.77. The van der Waals surface area contributed by atoms with Gasteiger partial charge < -0.3 is 20.4 Å². The van der Waals surface area contributed by atoms with E-state index in [1.165, 1.54) is 0 Å². The monoisotopic (exact) mass is 499 g/mol. The highest BCUT2D eigenvalue weighted by atomic mass is 127. The van der Waals surface area contributed by atoms with Crippen LogP contribution in [0.15, 0.2) is 39.9 Å². The molecule has 0 aliphatic heterocycles. The molecular formula is C20H30IN5O2. The molecule has 8 heteroatoms. The molecule has 0 saturated heterocycles. The van der Waals surface area contributed by atoms with Gasteiger partial charge in [-0.05, 0) is 24.6 Å². The number of rotatable bonds is 6. The van der Waals surface area contributed by atoms with Gasteiger partial charge in [0.1, 0.15) is 5.76 Å². The molecule has 0 radical (unpaired) electrons. The average molecular weight is 499 g/mol. The van der Waals surface area contributed by atoms with Crippen LogP contribution >= 0.6 is 24.0 Å². The van der Waals surface area contributed by atoms with Crippen molar-refractivity contribution in [3.8, 4) is 0 Å². The maximum Gasteiger partial charge on any atom is 0.251 e. The van der Waals surface area contributed by atoms with Crippen LogP contribution in [0.1, 0.15) is 55.3 Å². The van der Waals surface area contributed by atoms with E-state index in [0.717, 1.165) is 17.9 Å². The number of carbonyl (C=O) groups excluding carboxylic acids is 1. The number of oxazole rings is 1. The molecule has 0 saturated carbocycles. The fourth-order valence-corrected chi connectivity index (χ4v) is 2.32. The smallest absolute Gasteiger partial charge is 0.251 e. The van der Waals surface area contributed by atoms with Crippen LogP contribution in [-0.2, 0) is 18.5 Å². The minimum absolute atomic E-state index is 0. The number of carbonyl (C=O) groups is 1. The third-order valence-electron chi connectivity index (χ3n) is 3.91. The molecule has 0 fully saturated rings. The molecule has 2 rings (SSSR count). The molecule has 0 atom stereocenters. The number of hydrogen-bond donors (Lipinski definition) is 3.